The number of benzene rings is 1. The van der Waals surface area contributed by atoms with E-state index in [2.05, 4.69) is 9.97 Å². The van der Waals surface area contributed by atoms with Gasteiger partial charge in [-0.2, -0.15) is 0 Å². The highest BCUT2D eigenvalue weighted by Crippen LogP contribution is 2.33. The molecule has 0 spiro atoms. The first-order valence-corrected chi connectivity index (χ1v) is 8.76. The highest BCUT2D eigenvalue weighted by atomic mass is 32.2. The molecule has 1 aromatic carbocycles. The quantitative estimate of drug-likeness (QED) is 0.477. The van der Waals surface area contributed by atoms with Crippen LogP contribution < -0.4 is 0 Å². The Hall–Kier alpha value is -2.08. The van der Waals surface area contributed by atoms with Crippen molar-refractivity contribution in [1.29, 1.82) is 0 Å². The predicted molar refractivity (Wildman–Crippen MR) is 96.6 cm³/mol. The van der Waals surface area contributed by atoms with Gasteiger partial charge in [0.15, 0.2) is 10.9 Å². The van der Waals surface area contributed by atoms with Crippen molar-refractivity contribution >= 4 is 23.5 Å². The summed E-state index contributed by atoms with van der Waals surface area (Å²) in [5.41, 5.74) is 0.935. The van der Waals surface area contributed by atoms with E-state index in [9.17, 15) is 9.59 Å². The monoisotopic (exact) mass is 348 g/mol. The maximum absolute atomic E-state index is 12.6. The summed E-state index contributed by atoms with van der Waals surface area (Å²) in [7, 11) is 0. The zero-order valence-electron chi connectivity index (χ0n) is 14.8. The number of hydrogen-bond donors (Lipinski definition) is 1. The number of thioether (sulfide) groups is 1. The number of nitrogens with one attached hydrogen (secondary N) is 1. The number of nitrogens with zero attached hydrogens (tertiary/aromatic N) is 1. The lowest BCUT2D eigenvalue weighted by atomic mass is 10.0. The molecule has 0 atom stereocenters. The van der Waals surface area contributed by atoms with Crippen molar-refractivity contribution in [2.45, 2.75) is 44.5 Å². The van der Waals surface area contributed by atoms with Gasteiger partial charge < -0.3 is 9.72 Å². The van der Waals surface area contributed by atoms with E-state index >= 15 is 0 Å². The average molecular weight is 348 g/mol. The van der Waals surface area contributed by atoms with Gasteiger partial charge in [-0.15, -0.1) is 0 Å². The van der Waals surface area contributed by atoms with Crippen LogP contribution >= 0.6 is 11.8 Å². The van der Waals surface area contributed by atoms with Gasteiger partial charge in [0.05, 0.1) is 17.6 Å². The largest absolute Gasteiger partial charge is 0.461 e. The smallest absolute Gasteiger partial charge is 0.356 e. The number of hydrogen-bond acceptors (Lipinski definition) is 5. The molecule has 1 aromatic heterocycles. The van der Waals surface area contributed by atoms with E-state index in [1.54, 1.807) is 19.1 Å². The van der Waals surface area contributed by atoms with Crippen molar-refractivity contribution in [3.63, 3.8) is 0 Å². The Morgan fingerprint density at radius 1 is 1.21 bits per heavy atom. The van der Waals surface area contributed by atoms with Crippen LogP contribution in [0.5, 0.6) is 0 Å². The number of esters is 1. The molecule has 2 aromatic rings. The third kappa shape index (κ3) is 5.23. The Morgan fingerprint density at radius 3 is 2.42 bits per heavy atom. The number of ether oxygens (including phenoxy) is 1. The van der Waals surface area contributed by atoms with E-state index in [0.29, 0.717) is 17.3 Å². The van der Waals surface area contributed by atoms with E-state index in [4.69, 9.17) is 4.74 Å². The molecule has 0 amide bonds. The molecule has 5 nitrogen and oxygen atoms in total. The Kier molecular flexibility index (Phi) is 7.71. The summed E-state index contributed by atoms with van der Waals surface area (Å²) in [5, 5.41) is 0.511. The van der Waals surface area contributed by atoms with Gasteiger partial charge >= 0.3 is 5.97 Å². The average Bonchev–Trinajstić information content (AvgIpc) is 3.05. The molecule has 1 N–H and O–H groups in total. The molecule has 0 saturated carbocycles. The molecule has 1 heterocycles. The zero-order valence-corrected chi connectivity index (χ0v) is 15.6. The van der Waals surface area contributed by atoms with Crippen LogP contribution in [0.3, 0.4) is 0 Å². The third-order valence-corrected chi connectivity index (χ3v) is 4.08. The van der Waals surface area contributed by atoms with Gasteiger partial charge in [0.25, 0.3) is 0 Å². The van der Waals surface area contributed by atoms with Gasteiger partial charge in [0.1, 0.15) is 5.69 Å². The molecule has 0 unspecified atom stereocenters. The van der Waals surface area contributed by atoms with Crippen LogP contribution in [0.4, 0.5) is 0 Å². The summed E-state index contributed by atoms with van der Waals surface area (Å²) in [6.45, 7) is 9.71. The minimum absolute atomic E-state index is 0.00665. The SMILES string of the molecule is CC.CCOC(=O)c1cnc(SC(C)(C)C(=O)c2ccccc2)[nH]1. The fraction of sp³-hybridized carbons (Fsp3) is 0.389. The van der Waals surface area contributed by atoms with Gasteiger partial charge in [0.2, 0.25) is 0 Å². The first kappa shape index (κ1) is 20.0. The molecular formula is C18H24N2O3S. The minimum atomic E-state index is -0.703. The number of imidazole rings is 1. The van der Waals surface area contributed by atoms with Crippen molar-refractivity contribution in [2.75, 3.05) is 6.61 Å². The lowest BCUT2D eigenvalue weighted by molar-refractivity contribution is 0.0519. The molecule has 0 bridgehead atoms. The molecular weight excluding hydrogens is 324 g/mol. The summed E-state index contributed by atoms with van der Waals surface area (Å²) < 4.78 is 4.20. The number of carbonyl (C=O) groups excluding carboxylic acids is 2. The van der Waals surface area contributed by atoms with Gasteiger partial charge in [-0.3, -0.25) is 4.79 Å². The second-order valence-electron chi connectivity index (χ2n) is 5.13. The Bertz CT molecular complexity index is 666. The van der Waals surface area contributed by atoms with Gasteiger partial charge in [-0.05, 0) is 20.8 Å². The molecule has 6 heteroatoms. The van der Waals surface area contributed by atoms with E-state index in [0.717, 1.165) is 0 Å². The Morgan fingerprint density at radius 2 is 1.83 bits per heavy atom. The number of aromatic nitrogens is 2. The first-order chi connectivity index (χ1) is 11.4. The van der Waals surface area contributed by atoms with Crippen LogP contribution in [0.1, 0.15) is 55.5 Å². The lowest BCUT2D eigenvalue weighted by Gasteiger charge is -2.21. The predicted octanol–water partition coefficient (Wildman–Crippen LogP) is 4.37. The van der Waals surface area contributed by atoms with Crippen LogP contribution in [0.15, 0.2) is 41.7 Å². The summed E-state index contributed by atoms with van der Waals surface area (Å²) in [5.74, 6) is -0.443. The maximum Gasteiger partial charge on any atom is 0.356 e. The van der Waals surface area contributed by atoms with Crippen molar-refractivity contribution < 1.29 is 14.3 Å². The molecule has 0 aliphatic heterocycles. The maximum atomic E-state index is 12.6. The summed E-state index contributed by atoms with van der Waals surface area (Å²) in [6, 6.07) is 9.11. The number of H-pyrrole nitrogens is 1. The third-order valence-electron chi connectivity index (χ3n) is 2.98. The molecule has 24 heavy (non-hydrogen) atoms. The van der Waals surface area contributed by atoms with Crippen LogP contribution in [0.25, 0.3) is 0 Å². The van der Waals surface area contributed by atoms with Crippen molar-refractivity contribution in [1.82, 2.24) is 9.97 Å². The van der Waals surface area contributed by atoms with Gasteiger partial charge in [0, 0.05) is 5.56 Å². The van der Waals surface area contributed by atoms with Gasteiger partial charge in [-0.1, -0.05) is 55.9 Å². The molecule has 2 rings (SSSR count). The first-order valence-electron chi connectivity index (χ1n) is 7.95. The highest BCUT2D eigenvalue weighted by Gasteiger charge is 2.31. The number of Topliss-reactive ketones (excluding diaryl/α,β-unsaturated/α-hetero) is 1. The number of carbonyl (C=O) groups is 2. The molecule has 0 radical (unpaired) electrons. The summed E-state index contributed by atoms with van der Waals surface area (Å²) >= 11 is 1.28. The summed E-state index contributed by atoms with van der Waals surface area (Å²) in [4.78, 5) is 31.2. The number of rotatable bonds is 6. The van der Waals surface area contributed by atoms with Crippen molar-refractivity contribution in [2.24, 2.45) is 0 Å². The number of ketones is 1. The van der Waals surface area contributed by atoms with Crippen LogP contribution in [0.2, 0.25) is 0 Å². The normalized spacial score (nSPS) is 10.5. The van der Waals surface area contributed by atoms with Crippen LogP contribution in [-0.4, -0.2) is 33.1 Å². The lowest BCUT2D eigenvalue weighted by Crippen LogP contribution is -2.28. The topological polar surface area (TPSA) is 72.0 Å². The fourth-order valence-corrected chi connectivity index (χ4v) is 2.85. The van der Waals surface area contributed by atoms with E-state index < -0.39 is 10.7 Å². The standard InChI is InChI=1S/C16H18N2O3S.C2H6/c1-4-21-14(20)12-10-17-15(18-12)22-16(2,3)13(19)11-8-6-5-7-9-11;1-2/h5-10H,4H2,1-3H3,(H,17,18);1-2H3. The minimum Gasteiger partial charge on any atom is -0.461 e. The molecule has 0 fully saturated rings. The van der Waals surface area contributed by atoms with E-state index in [1.165, 1.54) is 18.0 Å². The van der Waals surface area contributed by atoms with E-state index in [-0.39, 0.29) is 11.5 Å². The van der Waals surface area contributed by atoms with Crippen molar-refractivity contribution in [3.05, 3.63) is 47.8 Å². The molecule has 0 aliphatic rings. The second kappa shape index (κ2) is 9.27. The second-order valence-corrected chi connectivity index (χ2v) is 6.74. The number of aromatic amines is 1. The van der Waals surface area contributed by atoms with Crippen molar-refractivity contribution in [3.8, 4) is 0 Å². The highest BCUT2D eigenvalue weighted by molar-refractivity contribution is 8.01. The molecule has 0 aliphatic carbocycles. The molecule has 0 saturated heterocycles. The zero-order chi connectivity index (χ0) is 18.2. The van der Waals surface area contributed by atoms with Crippen LogP contribution in [0, 0.1) is 0 Å². The van der Waals surface area contributed by atoms with Gasteiger partial charge in [-0.25, -0.2) is 9.78 Å². The van der Waals surface area contributed by atoms with E-state index in [1.807, 2.05) is 45.9 Å². The Labute approximate surface area is 147 Å². The summed E-state index contributed by atoms with van der Waals surface area (Å²) in [6.07, 6.45) is 1.42. The molecule has 130 valence electrons. The fourth-order valence-electron chi connectivity index (χ4n) is 1.89. The van der Waals surface area contributed by atoms with Crippen LogP contribution in [-0.2, 0) is 4.74 Å². The Balaban J connectivity index is 0.00000139.